The molecule has 1 N–H and O–H groups in total. The Balaban J connectivity index is 2.19. The van der Waals surface area contributed by atoms with Crippen LogP contribution in [0.15, 0.2) is 12.1 Å². The zero-order valence-electron chi connectivity index (χ0n) is 8.11. The molecular formula is C11H13F2N. The van der Waals surface area contributed by atoms with Gasteiger partial charge in [-0.1, -0.05) is 0 Å². The van der Waals surface area contributed by atoms with Crippen molar-refractivity contribution in [1.82, 2.24) is 5.32 Å². The molecule has 0 bridgehead atoms. The predicted octanol–water partition coefficient (Wildman–Crippen LogP) is 2.04. The van der Waals surface area contributed by atoms with Crippen LogP contribution in [0.3, 0.4) is 0 Å². The highest BCUT2D eigenvalue weighted by molar-refractivity contribution is 5.25. The molecule has 1 fully saturated rings. The molecule has 1 heterocycles. The van der Waals surface area contributed by atoms with Crippen molar-refractivity contribution in [3.63, 3.8) is 0 Å². The molecule has 0 spiro atoms. The van der Waals surface area contributed by atoms with Crippen molar-refractivity contribution in [2.75, 3.05) is 13.1 Å². The molecule has 1 aliphatic heterocycles. The molecule has 1 aliphatic rings. The third-order valence-corrected chi connectivity index (χ3v) is 2.70. The van der Waals surface area contributed by atoms with Crippen molar-refractivity contribution in [1.29, 1.82) is 0 Å². The van der Waals surface area contributed by atoms with Crippen LogP contribution in [0.2, 0.25) is 0 Å². The van der Waals surface area contributed by atoms with Gasteiger partial charge in [-0.05, 0) is 55.6 Å². The summed E-state index contributed by atoms with van der Waals surface area (Å²) >= 11 is 0. The minimum atomic E-state index is -0.311. The first kappa shape index (κ1) is 9.59. The standard InChI is InChI=1S/C11H13F2N/c1-7-2-11(13)9(4-10(7)12)3-8-5-14-6-8/h2,4,8,14H,3,5-6H2,1H3. The molecule has 1 aromatic carbocycles. The number of hydrogen-bond acceptors (Lipinski definition) is 1. The van der Waals surface area contributed by atoms with E-state index in [9.17, 15) is 8.78 Å². The molecule has 0 aromatic heterocycles. The zero-order chi connectivity index (χ0) is 10.1. The van der Waals surface area contributed by atoms with E-state index in [1.165, 1.54) is 12.1 Å². The summed E-state index contributed by atoms with van der Waals surface area (Å²) in [5, 5.41) is 3.11. The first-order valence-electron chi connectivity index (χ1n) is 4.82. The van der Waals surface area contributed by atoms with Crippen LogP contribution in [-0.2, 0) is 6.42 Å². The minimum absolute atomic E-state index is 0.282. The van der Waals surface area contributed by atoms with Crippen LogP contribution in [0, 0.1) is 24.5 Å². The maximum atomic E-state index is 13.4. The van der Waals surface area contributed by atoms with Crippen molar-refractivity contribution < 1.29 is 8.78 Å². The summed E-state index contributed by atoms with van der Waals surface area (Å²) in [6.45, 7) is 3.40. The van der Waals surface area contributed by atoms with E-state index >= 15 is 0 Å². The summed E-state index contributed by atoms with van der Waals surface area (Å²) in [6, 6.07) is 2.60. The van der Waals surface area contributed by atoms with E-state index in [1.807, 2.05) is 0 Å². The van der Waals surface area contributed by atoms with Gasteiger partial charge < -0.3 is 5.32 Å². The Kier molecular flexibility index (Phi) is 2.50. The fourth-order valence-electron chi connectivity index (χ4n) is 1.65. The summed E-state index contributed by atoms with van der Waals surface area (Å²) in [4.78, 5) is 0. The summed E-state index contributed by atoms with van der Waals surface area (Å²) < 4.78 is 26.5. The highest BCUT2D eigenvalue weighted by Crippen LogP contribution is 2.19. The average molecular weight is 197 g/mol. The second-order valence-electron chi connectivity index (χ2n) is 3.92. The van der Waals surface area contributed by atoms with Gasteiger partial charge in [0.25, 0.3) is 0 Å². The lowest BCUT2D eigenvalue weighted by Gasteiger charge is -2.27. The van der Waals surface area contributed by atoms with Gasteiger partial charge in [-0.3, -0.25) is 0 Å². The molecular weight excluding hydrogens is 184 g/mol. The molecule has 1 saturated heterocycles. The normalized spacial score (nSPS) is 16.8. The predicted molar refractivity (Wildman–Crippen MR) is 51.2 cm³/mol. The van der Waals surface area contributed by atoms with Crippen molar-refractivity contribution in [2.24, 2.45) is 5.92 Å². The molecule has 76 valence electrons. The second-order valence-corrected chi connectivity index (χ2v) is 3.92. The quantitative estimate of drug-likeness (QED) is 0.765. The fourth-order valence-corrected chi connectivity index (χ4v) is 1.65. The third kappa shape index (κ3) is 1.77. The Morgan fingerprint density at radius 1 is 1.29 bits per heavy atom. The van der Waals surface area contributed by atoms with Gasteiger partial charge in [0, 0.05) is 0 Å². The summed E-state index contributed by atoms with van der Waals surface area (Å²) in [6.07, 6.45) is 0.635. The van der Waals surface area contributed by atoms with E-state index in [2.05, 4.69) is 5.32 Å². The van der Waals surface area contributed by atoms with Crippen molar-refractivity contribution >= 4 is 0 Å². The van der Waals surface area contributed by atoms with Gasteiger partial charge in [0.1, 0.15) is 11.6 Å². The molecule has 2 rings (SSSR count). The summed E-state index contributed by atoms with van der Waals surface area (Å²) in [5.41, 5.74) is 0.873. The van der Waals surface area contributed by atoms with Crippen molar-refractivity contribution in [3.05, 3.63) is 34.9 Å². The summed E-state index contributed by atoms with van der Waals surface area (Å²) in [5.74, 6) is -0.129. The number of rotatable bonds is 2. The summed E-state index contributed by atoms with van der Waals surface area (Å²) in [7, 11) is 0. The first-order chi connectivity index (χ1) is 6.66. The molecule has 0 saturated carbocycles. The molecule has 0 unspecified atom stereocenters. The first-order valence-corrected chi connectivity index (χ1v) is 4.82. The molecule has 3 heteroatoms. The Bertz CT molecular complexity index is 345. The van der Waals surface area contributed by atoms with E-state index in [0.717, 1.165) is 13.1 Å². The lowest BCUT2D eigenvalue weighted by atomic mass is 9.93. The van der Waals surface area contributed by atoms with E-state index in [4.69, 9.17) is 0 Å². The van der Waals surface area contributed by atoms with Gasteiger partial charge >= 0.3 is 0 Å². The minimum Gasteiger partial charge on any atom is -0.316 e. The molecule has 14 heavy (non-hydrogen) atoms. The van der Waals surface area contributed by atoms with Crippen molar-refractivity contribution in [2.45, 2.75) is 13.3 Å². The average Bonchev–Trinajstić information content (AvgIpc) is 2.06. The van der Waals surface area contributed by atoms with E-state index in [1.54, 1.807) is 6.92 Å². The van der Waals surface area contributed by atoms with Gasteiger partial charge in [-0.2, -0.15) is 0 Å². The van der Waals surface area contributed by atoms with Crippen LogP contribution < -0.4 is 5.32 Å². The molecule has 0 radical (unpaired) electrons. The highest BCUT2D eigenvalue weighted by atomic mass is 19.1. The number of benzene rings is 1. The second kappa shape index (κ2) is 3.65. The molecule has 0 amide bonds. The molecule has 1 nitrogen and oxygen atoms in total. The number of hydrogen-bond donors (Lipinski definition) is 1. The fraction of sp³-hybridized carbons (Fsp3) is 0.455. The Morgan fingerprint density at radius 3 is 2.57 bits per heavy atom. The van der Waals surface area contributed by atoms with Gasteiger partial charge in [-0.15, -0.1) is 0 Å². The monoisotopic (exact) mass is 197 g/mol. The maximum absolute atomic E-state index is 13.4. The third-order valence-electron chi connectivity index (χ3n) is 2.70. The van der Waals surface area contributed by atoms with E-state index in [-0.39, 0.29) is 11.6 Å². The van der Waals surface area contributed by atoms with Crippen LogP contribution in [-0.4, -0.2) is 13.1 Å². The largest absolute Gasteiger partial charge is 0.316 e. The van der Waals surface area contributed by atoms with E-state index in [0.29, 0.717) is 23.5 Å². The Hall–Kier alpha value is -0.960. The lowest BCUT2D eigenvalue weighted by molar-refractivity contribution is 0.342. The molecule has 1 aromatic rings. The molecule has 0 atom stereocenters. The van der Waals surface area contributed by atoms with Gasteiger partial charge in [-0.25, -0.2) is 8.78 Å². The highest BCUT2D eigenvalue weighted by Gasteiger charge is 2.19. The topological polar surface area (TPSA) is 12.0 Å². The lowest BCUT2D eigenvalue weighted by Crippen LogP contribution is -2.43. The number of aryl methyl sites for hydroxylation is 1. The van der Waals surface area contributed by atoms with E-state index < -0.39 is 0 Å². The van der Waals surface area contributed by atoms with Crippen LogP contribution in [0.5, 0.6) is 0 Å². The van der Waals surface area contributed by atoms with Crippen LogP contribution in [0.25, 0.3) is 0 Å². The Labute approximate surface area is 82.1 Å². The molecule has 0 aliphatic carbocycles. The van der Waals surface area contributed by atoms with Crippen LogP contribution in [0.4, 0.5) is 8.78 Å². The van der Waals surface area contributed by atoms with Gasteiger partial charge in [0.05, 0.1) is 0 Å². The Morgan fingerprint density at radius 2 is 2.00 bits per heavy atom. The number of halogens is 2. The van der Waals surface area contributed by atoms with Crippen molar-refractivity contribution in [3.8, 4) is 0 Å². The maximum Gasteiger partial charge on any atom is 0.126 e. The smallest absolute Gasteiger partial charge is 0.126 e. The number of nitrogens with one attached hydrogen (secondary N) is 1. The van der Waals surface area contributed by atoms with Gasteiger partial charge in [0.2, 0.25) is 0 Å². The van der Waals surface area contributed by atoms with Gasteiger partial charge in [0.15, 0.2) is 0 Å². The SMILES string of the molecule is Cc1cc(F)c(CC2CNC2)cc1F. The van der Waals surface area contributed by atoms with Crippen LogP contribution in [0.1, 0.15) is 11.1 Å². The zero-order valence-corrected chi connectivity index (χ0v) is 8.11. The van der Waals surface area contributed by atoms with Crippen LogP contribution >= 0.6 is 0 Å².